The number of aromatic nitrogens is 1. The van der Waals surface area contributed by atoms with Gasteiger partial charge in [0.1, 0.15) is 0 Å². The van der Waals surface area contributed by atoms with Crippen LogP contribution >= 0.6 is 0 Å². The van der Waals surface area contributed by atoms with E-state index < -0.39 is 0 Å². The summed E-state index contributed by atoms with van der Waals surface area (Å²) in [6.45, 7) is 0.548. The third kappa shape index (κ3) is 1.80. The van der Waals surface area contributed by atoms with Gasteiger partial charge in [-0.2, -0.15) is 0 Å². The molecule has 1 radical (unpaired) electrons. The summed E-state index contributed by atoms with van der Waals surface area (Å²) in [5.41, 5.74) is 8.68. The average Bonchev–Trinajstić information content (AvgIpc) is 2.30. The van der Waals surface area contributed by atoms with Crippen molar-refractivity contribution in [1.29, 1.82) is 0 Å². The molecule has 1 aromatic carbocycles. The van der Waals surface area contributed by atoms with Gasteiger partial charge in [-0.3, -0.25) is 4.98 Å². The summed E-state index contributed by atoms with van der Waals surface area (Å²) < 4.78 is 0. The summed E-state index contributed by atoms with van der Waals surface area (Å²) in [4.78, 5) is 4.28. The second-order valence-electron chi connectivity index (χ2n) is 3.05. The lowest BCUT2D eigenvalue weighted by Crippen LogP contribution is -1.96. The lowest BCUT2D eigenvalue weighted by atomic mass is 10.1. The number of hydrogen-bond acceptors (Lipinski definition) is 2. The summed E-state index contributed by atoms with van der Waals surface area (Å²) >= 11 is 0. The fourth-order valence-electron chi connectivity index (χ4n) is 1.31. The number of hydrogen-bond donors (Lipinski definition) is 1. The Balaban J connectivity index is 2.42. The Kier molecular flexibility index (Phi) is 2.56. The van der Waals surface area contributed by atoms with Gasteiger partial charge in [0, 0.05) is 18.3 Å². The number of rotatable bonds is 2. The SMILES string of the molecule is NCc1ccnc(-c2c[c]ccc2)c1. The molecule has 0 amide bonds. The summed E-state index contributed by atoms with van der Waals surface area (Å²) in [6.07, 6.45) is 1.78. The Morgan fingerprint density at radius 1 is 1.36 bits per heavy atom. The molecule has 0 saturated heterocycles. The second-order valence-corrected chi connectivity index (χ2v) is 3.05. The first-order valence-electron chi connectivity index (χ1n) is 4.51. The minimum Gasteiger partial charge on any atom is -0.326 e. The first-order chi connectivity index (χ1) is 6.90. The van der Waals surface area contributed by atoms with Gasteiger partial charge in [-0.1, -0.05) is 18.2 Å². The Hall–Kier alpha value is -1.67. The van der Waals surface area contributed by atoms with Crippen molar-refractivity contribution in [2.45, 2.75) is 6.54 Å². The molecule has 69 valence electrons. The quantitative estimate of drug-likeness (QED) is 0.773. The van der Waals surface area contributed by atoms with Crippen LogP contribution in [0.4, 0.5) is 0 Å². The van der Waals surface area contributed by atoms with Gasteiger partial charge in [0.2, 0.25) is 0 Å². The van der Waals surface area contributed by atoms with E-state index in [4.69, 9.17) is 5.73 Å². The van der Waals surface area contributed by atoms with E-state index in [0.717, 1.165) is 16.8 Å². The molecule has 1 aromatic heterocycles. The summed E-state index contributed by atoms with van der Waals surface area (Å²) in [6, 6.07) is 14.7. The molecule has 0 bridgehead atoms. The van der Waals surface area contributed by atoms with Crippen molar-refractivity contribution < 1.29 is 0 Å². The predicted molar refractivity (Wildman–Crippen MR) is 56.4 cm³/mol. The van der Waals surface area contributed by atoms with Crippen molar-refractivity contribution in [1.82, 2.24) is 4.98 Å². The molecule has 0 atom stereocenters. The fourth-order valence-corrected chi connectivity index (χ4v) is 1.31. The van der Waals surface area contributed by atoms with Gasteiger partial charge < -0.3 is 5.73 Å². The van der Waals surface area contributed by atoms with Crippen LogP contribution in [0.5, 0.6) is 0 Å². The molecule has 2 rings (SSSR count). The third-order valence-corrected chi connectivity index (χ3v) is 2.06. The summed E-state index contributed by atoms with van der Waals surface area (Å²) in [5.74, 6) is 0. The van der Waals surface area contributed by atoms with Crippen LogP contribution in [0.2, 0.25) is 0 Å². The monoisotopic (exact) mass is 183 g/mol. The number of pyridine rings is 1. The lowest BCUT2D eigenvalue weighted by Gasteiger charge is -2.01. The van der Waals surface area contributed by atoms with E-state index in [-0.39, 0.29) is 0 Å². The van der Waals surface area contributed by atoms with Crippen molar-refractivity contribution in [3.05, 3.63) is 54.2 Å². The van der Waals surface area contributed by atoms with Gasteiger partial charge in [0.15, 0.2) is 0 Å². The van der Waals surface area contributed by atoms with E-state index in [0.29, 0.717) is 6.54 Å². The highest BCUT2D eigenvalue weighted by molar-refractivity contribution is 5.59. The molecular weight excluding hydrogens is 172 g/mol. The highest BCUT2D eigenvalue weighted by Gasteiger charge is 1.98. The van der Waals surface area contributed by atoms with Gasteiger partial charge in [0.25, 0.3) is 0 Å². The number of benzene rings is 1. The molecule has 0 aliphatic heterocycles. The Labute approximate surface area is 83.4 Å². The molecular formula is C12H11N2. The molecule has 0 spiro atoms. The van der Waals surface area contributed by atoms with E-state index in [1.54, 1.807) is 6.20 Å². The smallest absolute Gasteiger partial charge is 0.0705 e. The number of nitrogens with two attached hydrogens (primary N) is 1. The van der Waals surface area contributed by atoms with Crippen LogP contribution in [0.25, 0.3) is 11.3 Å². The standard InChI is InChI=1S/C12H11N2/c13-9-10-6-7-14-12(8-10)11-4-2-1-3-5-11/h1-2,4-8H,9,13H2. The van der Waals surface area contributed by atoms with Gasteiger partial charge in [-0.15, -0.1) is 0 Å². The van der Waals surface area contributed by atoms with E-state index in [1.165, 1.54) is 0 Å². The Bertz CT molecular complexity index is 410. The predicted octanol–water partition coefficient (Wildman–Crippen LogP) is 2.01. The van der Waals surface area contributed by atoms with Crippen molar-refractivity contribution >= 4 is 0 Å². The van der Waals surface area contributed by atoms with Crippen molar-refractivity contribution in [3.63, 3.8) is 0 Å². The van der Waals surface area contributed by atoms with Gasteiger partial charge in [-0.25, -0.2) is 0 Å². The first-order valence-corrected chi connectivity index (χ1v) is 4.51. The maximum absolute atomic E-state index is 5.56. The zero-order chi connectivity index (χ0) is 9.80. The second kappa shape index (κ2) is 4.03. The maximum atomic E-state index is 5.56. The Morgan fingerprint density at radius 3 is 3.00 bits per heavy atom. The molecule has 2 aromatic rings. The summed E-state index contributed by atoms with van der Waals surface area (Å²) in [7, 11) is 0. The van der Waals surface area contributed by atoms with Crippen LogP contribution in [0.3, 0.4) is 0 Å². The molecule has 2 N–H and O–H groups in total. The van der Waals surface area contributed by atoms with Crippen LogP contribution in [-0.2, 0) is 6.54 Å². The average molecular weight is 183 g/mol. The van der Waals surface area contributed by atoms with Gasteiger partial charge in [-0.05, 0) is 29.8 Å². The minimum atomic E-state index is 0.548. The van der Waals surface area contributed by atoms with Crippen LogP contribution in [0, 0.1) is 6.07 Å². The zero-order valence-corrected chi connectivity index (χ0v) is 7.77. The molecule has 0 saturated carbocycles. The highest BCUT2D eigenvalue weighted by atomic mass is 14.7. The van der Waals surface area contributed by atoms with Crippen molar-refractivity contribution in [3.8, 4) is 11.3 Å². The van der Waals surface area contributed by atoms with E-state index in [1.807, 2.05) is 36.4 Å². The normalized spacial score (nSPS) is 10.1. The van der Waals surface area contributed by atoms with Crippen LogP contribution in [0.15, 0.2) is 42.6 Å². The third-order valence-electron chi connectivity index (χ3n) is 2.06. The largest absolute Gasteiger partial charge is 0.326 e. The molecule has 2 heteroatoms. The molecule has 0 aliphatic rings. The molecule has 0 unspecified atom stereocenters. The van der Waals surface area contributed by atoms with Crippen LogP contribution in [-0.4, -0.2) is 4.98 Å². The lowest BCUT2D eigenvalue weighted by molar-refractivity contribution is 1.06. The molecule has 0 fully saturated rings. The Morgan fingerprint density at radius 2 is 2.29 bits per heavy atom. The topological polar surface area (TPSA) is 38.9 Å². The molecule has 1 heterocycles. The molecule has 0 aliphatic carbocycles. The number of nitrogens with zero attached hydrogens (tertiary/aromatic N) is 1. The molecule has 14 heavy (non-hydrogen) atoms. The fraction of sp³-hybridized carbons (Fsp3) is 0.0833. The van der Waals surface area contributed by atoms with Crippen molar-refractivity contribution in [2.24, 2.45) is 5.73 Å². The van der Waals surface area contributed by atoms with Crippen LogP contribution in [0.1, 0.15) is 5.56 Å². The van der Waals surface area contributed by atoms with Crippen molar-refractivity contribution in [2.75, 3.05) is 0 Å². The van der Waals surface area contributed by atoms with Gasteiger partial charge >= 0.3 is 0 Å². The van der Waals surface area contributed by atoms with E-state index in [2.05, 4.69) is 11.1 Å². The minimum absolute atomic E-state index is 0.548. The van der Waals surface area contributed by atoms with E-state index >= 15 is 0 Å². The zero-order valence-electron chi connectivity index (χ0n) is 7.77. The summed E-state index contributed by atoms with van der Waals surface area (Å²) in [5, 5.41) is 0. The maximum Gasteiger partial charge on any atom is 0.0705 e. The highest BCUT2D eigenvalue weighted by Crippen LogP contribution is 2.16. The molecule has 2 nitrogen and oxygen atoms in total. The van der Waals surface area contributed by atoms with Crippen LogP contribution < -0.4 is 5.73 Å². The first kappa shape index (κ1) is 8.91. The van der Waals surface area contributed by atoms with Gasteiger partial charge in [0.05, 0.1) is 5.69 Å². The van der Waals surface area contributed by atoms with E-state index in [9.17, 15) is 0 Å².